The Labute approximate surface area is 226 Å². The molecule has 4 amide bonds. The maximum atomic E-state index is 13.6. The van der Waals surface area contributed by atoms with Crippen LogP contribution >= 0.6 is 11.3 Å². The number of hydrogen-bond donors (Lipinski definition) is 1. The number of hydrogen-bond acceptors (Lipinski definition) is 7. The topological polar surface area (TPSA) is 126 Å². The van der Waals surface area contributed by atoms with E-state index in [4.69, 9.17) is 10.6 Å². The van der Waals surface area contributed by atoms with Crippen LogP contribution in [0.15, 0.2) is 30.3 Å². The minimum Gasteiger partial charge on any atom is -0.370 e. The molecule has 2 N–H and O–H groups in total. The Morgan fingerprint density at radius 1 is 1.13 bits per heavy atom. The SMILES string of the molecule is CC(C)C[C@H]1ON(C(=O)/C=C/c2nc3ccccc3s2)[C@H]2CN(CCC(N)=O)C(=O)[C@H](CC(C)C)N2C1=O. The van der Waals surface area contributed by atoms with Gasteiger partial charge in [0.2, 0.25) is 11.8 Å². The number of hydroxylamine groups is 2. The van der Waals surface area contributed by atoms with Gasteiger partial charge < -0.3 is 15.5 Å². The third-order valence-electron chi connectivity index (χ3n) is 6.58. The number of benzene rings is 1. The number of rotatable bonds is 9. The molecule has 11 heteroatoms. The average molecular weight is 542 g/mol. The second-order valence-corrected chi connectivity index (χ2v) is 11.7. The van der Waals surface area contributed by atoms with Crippen LogP contribution in [0.2, 0.25) is 0 Å². The molecule has 1 aromatic heterocycles. The first-order valence-electron chi connectivity index (χ1n) is 13.0. The molecule has 10 nitrogen and oxygen atoms in total. The lowest BCUT2D eigenvalue weighted by atomic mass is 9.95. The van der Waals surface area contributed by atoms with Gasteiger partial charge in [0.1, 0.15) is 11.0 Å². The summed E-state index contributed by atoms with van der Waals surface area (Å²) in [5.41, 5.74) is 6.19. The predicted octanol–water partition coefficient (Wildman–Crippen LogP) is 2.79. The summed E-state index contributed by atoms with van der Waals surface area (Å²) in [4.78, 5) is 65.8. The summed E-state index contributed by atoms with van der Waals surface area (Å²) >= 11 is 1.46. The standard InChI is InChI=1S/C27H35N5O5S/c1-16(2)13-19-26(35)30(12-11-22(28)33)15-24-31(19)27(36)20(14-17(3)4)37-32(24)25(34)10-9-23-29-18-7-5-6-8-21(18)38-23/h5-10,16-17,19-20,24H,11-15H2,1-4H3,(H2,28,33)/b10-9+/t19-,20+,24-/m0/s1. The molecule has 1 aromatic carbocycles. The first-order chi connectivity index (χ1) is 18.0. The van der Waals surface area contributed by atoms with Crippen molar-refractivity contribution in [3.05, 3.63) is 35.3 Å². The largest absolute Gasteiger partial charge is 0.370 e. The molecule has 204 valence electrons. The van der Waals surface area contributed by atoms with Gasteiger partial charge >= 0.3 is 0 Å². The van der Waals surface area contributed by atoms with Crippen LogP contribution in [-0.4, -0.2) is 74.9 Å². The van der Waals surface area contributed by atoms with E-state index in [2.05, 4.69) is 4.98 Å². The lowest BCUT2D eigenvalue weighted by molar-refractivity contribution is -0.274. The minimum atomic E-state index is -0.884. The summed E-state index contributed by atoms with van der Waals surface area (Å²) in [5, 5.41) is 1.89. The van der Waals surface area contributed by atoms with E-state index in [1.807, 2.05) is 52.0 Å². The maximum absolute atomic E-state index is 13.6. The first kappa shape index (κ1) is 27.7. The molecule has 2 saturated heterocycles. The predicted molar refractivity (Wildman–Crippen MR) is 144 cm³/mol. The van der Waals surface area contributed by atoms with Gasteiger partial charge in [0.05, 0.1) is 16.8 Å². The maximum Gasteiger partial charge on any atom is 0.272 e. The molecule has 2 aromatic rings. The van der Waals surface area contributed by atoms with Gasteiger partial charge in [-0.15, -0.1) is 11.3 Å². The molecule has 2 fully saturated rings. The number of aromatic nitrogens is 1. The van der Waals surface area contributed by atoms with Gasteiger partial charge in [0.25, 0.3) is 11.8 Å². The number of carbonyl (C=O) groups is 4. The molecule has 0 unspecified atom stereocenters. The zero-order chi connectivity index (χ0) is 27.6. The van der Waals surface area contributed by atoms with Crippen molar-refractivity contribution in [1.29, 1.82) is 0 Å². The van der Waals surface area contributed by atoms with Crippen molar-refractivity contribution in [3.63, 3.8) is 0 Å². The number of carbonyl (C=O) groups excluding carboxylic acids is 4. The zero-order valence-electron chi connectivity index (χ0n) is 22.2. The number of nitrogens with zero attached hydrogens (tertiary/aromatic N) is 4. The van der Waals surface area contributed by atoms with Crippen molar-refractivity contribution in [2.24, 2.45) is 17.6 Å². The van der Waals surface area contributed by atoms with Crippen LogP contribution < -0.4 is 5.73 Å². The van der Waals surface area contributed by atoms with Gasteiger partial charge in [0, 0.05) is 19.0 Å². The Kier molecular flexibility index (Phi) is 8.47. The summed E-state index contributed by atoms with van der Waals surface area (Å²) < 4.78 is 1.01. The summed E-state index contributed by atoms with van der Waals surface area (Å²) in [6.45, 7) is 8.04. The van der Waals surface area contributed by atoms with E-state index in [1.54, 1.807) is 6.08 Å². The fourth-order valence-corrected chi connectivity index (χ4v) is 5.74. The number of thiazole rings is 1. The molecule has 38 heavy (non-hydrogen) atoms. The van der Waals surface area contributed by atoms with Crippen molar-refractivity contribution >= 4 is 51.3 Å². The molecule has 0 radical (unpaired) electrons. The Bertz CT molecular complexity index is 1210. The van der Waals surface area contributed by atoms with Crippen molar-refractivity contribution in [3.8, 4) is 0 Å². The van der Waals surface area contributed by atoms with Crippen molar-refractivity contribution in [2.75, 3.05) is 13.1 Å². The highest BCUT2D eigenvalue weighted by molar-refractivity contribution is 7.19. The Morgan fingerprint density at radius 2 is 1.84 bits per heavy atom. The molecule has 3 heterocycles. The van der Waals surface area contributed by atoms with Gasteiger partial charge in [-0.3, -0.25) is 24.0 Å². The summed E-state index contributed by atoms with van der Waals surface area (Å²) in [7, 11) is 0. The minimum absolute atomic E-state index is 0.0108. The van der Waals surface area contributed by atoms with E-state index in [0.717, 1.165) is 10.2 Å². The highest BCUT2D eigenvalue weighted by Crippen LogP contribution is 2.32. The average Bonchev–Trinajstić information content (AvgIpc) is 3.27. The van der Waals surface area contributed by atoms with Crippen LogP contribution in [0.5, 0.6) is 0 Å². The van der Waals surface area contributed by atoms with Crippen LogP contribution in [-0.2, 0) is 24.0 Å². The first-order valence-corrected chi connectivity index (χ1v) is 13.8. The van der Waals surface area contributed by atoms with Gasteiger partial charge in [-0.2, -0.15) is 5.06 Å². The lowest BCUT2D eigenvalue weighted by Crippen LogP contribution is -2.73. The monoisotopic (exact) mass is 541 g/mol. The van der Waals surface area contributed by atoms with Crippen molar-refractivity contribution < 1.29 is 24.0 Å². The summed E-state index contributed by atoms with van der Waals surface area (Å²) in [6, 6.07) is 6.95. The molecule has 2 aliphatic heterocycles. The normalized spacial score (nSPS) is 22.3. The number of primary amides is 1. The summed E-state index contributed by atoms with van der Waals surface area (Å²) in [6.07, 6.45) is 2.13. The van der Waals surface area contributed by atoms with Crippen LogP contribution in [0.1, 0.15) is 52.0 Å². The number of para-hydroxylation sites is 1. The van der Waals surface area contributed by atoms with Crippen molar-refractivity contribution in [2.45, 2.75) is 65.3 Å². The van der Waals surface area contributed by atoms with Gasteiger partial charge in [-0.05, 0) is 42.9 Å². The summed E-state index contributed by atoms with van der Waals surface area (Å²) in [5.74, 6) is -1.27. The van der Waals surface area contributed by atoms with Gasteiger partial charge in [0.15, 0.2) is 12.3 Å². The van der Waals surface area contributed by atoms with E-state index < -0.39 is 30.1 Å². The quantitative estimate of drug-likeness (QED) is 0.487. The fourth-order valence-electron chi connectivity index (χ4n) is 4.87. The van der Waals surface area contributed by atoms with Crippen LogP contribution in [0.25, 0.3) is 16.3 Å². The van der Waals surface area contributed by atoms with Crippen molar-refractivity contribution in [1.82, 2.24) is 19.8 Å². The lowest BCUT2D eigenvalue weighted by Gasteiger charge is -2.53. The molecule has 0 aliphatic carbocycles. The number of piperazine rings is 1. The highest BCUT2D eigenvalue weighted by atomic mass is 32.1. The second-order valence-electron chi connectivity index (χ2n) is 10.6. The molecule has 3 atom stereocenters. The smallest absolute Gasteiger partial charge is 0.272 e. The molecule has 0 bridgehead atoms. The molecule has 0 spiro atoms. The second kappa shape index (κ2) is 11.6. The molecular weight excluding hydrogens is 506 g/mol. The third-order valence-corrected chi connectivity index (χ3v) is 7.58. The van der Waals surface area contributed by atoms with Gasteiger partial charge in [-0.1, -0.05) is 39.8 Å². The molecule has 0 saturated carbocycles. The van der Waals surface area contributed by atoms with Gasteiger partial charge in [-0.25, -0.2) is 4.98 Å². The fraction of sp³-hybridized carbons (Fsp3) is 0.519. The third kappa shape index (κ3) is 6.05. The zero-order valence-corrected chi connectivity index (χ0v) is 23.0. The van der Waals surface area contributed by atoms with E-state index >= 15 is 0 Å². The Hall–Kier alpha value is -3.31. The van der Waals surface area contributed by atoms with Crippen LogP contribution in [0.4, 0.5) is 0 Å². The number of fused-ring (bicyclic) bond motifs is 2. The van der Waals surface area contributed by atoms with E-state index in [-0.39, 0.29) is 43.2 Å². The van der Waals surface area contributed by atoms with Crippen LogP contribution in [0, 0.1) is 11.8 Å². The number of amides is 4. The van der Waals surface area contributed by atoms with E-state index in [9.17, 15) is 19.2 Å². The molecular formula is C27H35N5O5S. The molecule has 2 aliphatic rings. The van der Waals surface area contributed by atoms with E-state index in [1.165, 1.54) is 32.3 Å². The van der Waals surface area contributed by atoms with Crippen LogP contribution in [0.3, 0.4) is 0 Å². The number of nitrogens with two attached hydrogens (primary N) is 1. The van der Waals surface area contributed by atoms with E-state index in [0.29, 0.717) is 17.8 Å². The highest BCUT2D eigenvalue weighted by Gasteiger charge is 2.52. The molecule has 4 rings (SSSR count). The Morgan fingerprint density at radius 3 is 2.50 bits per heavy atom. The Balaban J connectivity index is 1.66.